The first-order chi connectivity index (χ1) is 9.51. The van der Waals surface area contributed by atoms with Gasteiger partial charge in [0, 0.05) is 22.0 Å². The van der Waals surface area contributed by atoms with Gasteiger partial charge in [0.25, 0.3) is 0 Å². The Labute approximate surface area is 132 Å². The van der Waals surface area contributed by atoms with Crippen molar-refractivity contribution in [2.45, 2.75) is 18.9 Å². The third kappa shape index (κ3) is 3.61. The summed E-state index contributed by atoms with van der Waals surface area (Å²) in [7, 11) is 0. The predicted molar refractivity (Wildman–Crippen MR) is 87.1 cm³/mol. The minimum Gasteiger partial charge on any atom is -0.388 e. The normalized spacial score (nSPS) is 14.1. The number of halogens is 2. The fourth-order valence-corrected chi connectivity index (χ4v) is 3.08. The average molecular weight is 355 g/mol. The smallest absolute Gasteiger partial charge is 0.0871 e. The molecule has 0 fully saturated rings. The van der Waals surface area contributed by atoms with E-state index in [1.54, 1.807) is 0 Å². The van der Waals surface area contributed by atoms with E-state index in [4.69, 9.17) is 17.3 Å². The Kier molecular flexibility index (Phi) is 5.22. The lowest BCUT2D eigenvalue weighted by Crippen LogP contribution is -2.20. The summed E-state index contributed by atoms with van der Waals surface area (Å²) in [6, 6.07) is 13.4. The molecule has 20 heavy (non-hydrogen) atoms. The van der Waals surface area contributed by atoms with Crippen LogP contribution in [0, 0.1) is 6.92 Å². The summed E-state index contributed by atoms with van der Waals surface area (Å²) < 4.78 is 0.957. The monoisotopic (exact) mass is 353 g/mol. The SMILES string of the molecule is Cc1cc(Br)cc(C(O)C(CN)c2ccc(Cl)cc2)c1. The molecule has 106 valence electrons. The van der Waals surface area contributed by atoms with Crippen LogP contribution in [-0.2, 0) is 0 Å². The summed E-state index contributed by atoms with van der Waals surface area (Å²) in [5.41, 5.74) is 8.80. The zero-order valence-electron chi connectivity index (χ0n) is 11.2. The lowest BCUT2D eigenvalue weighted by molar-refractivity contribution is 0.147. The second kappa shape index (κ2) is 6.72. The Morgan fingerprint density at radius 1 is 1.15 bits per heavy atom. The summed E-state index contributed by atoms with van der Waals surface area (Å²) in [4.78, 5) is 0. The molecular weight excluding hydrogens is 338 g/mol. The summed E-state index contributed by atoms with van der Waals surface area (Å²) in [6.07, 6.45) is -0.641. The molecule has 2 rings (SSSR count). The molecule has 2 unspecified atom stereocenters. The fraction of sp³-hybridized carbons (Fsp3) is 0.250. The van der Waals surface area contributed by atoms with Crippen LogP contribution in [0.4, 0.5) is 0 Å². The van der Waals surface area contributed by atoms with Crippen molar-refractivity contribution in [1.29, 1.82) is 0 Å². The molecule has 2 aromatic rings. The molecule has 0 aromatic heterocycles. The molecule has 0 saturated carbocycles. The van der Waals surface area contributed by atoms with Crippen molar-refractivity contribution in [3.8, 4) is 0 Å². The van der Waals surface area contributed by atoms with Gasteiger partial charge in [-0.25, -0.2) is 0 Å². The van der Waals surface area contributed by atoms with E-state index in [2.05, 4.69) is 15.9 Å². The Morgan fingerprint density at radius 2 is 1.80 bits per heavy atom. The summed E-state index contributed by atoms with van der Waals surface area (Å²) in [6.45, 7) is 2.37. The first kappa shape index (κ1) is 15.5. The molecular formula is C16H17BrClNO. The van der Waals surface area contributed by atoms with Crippen LogP contribution >= 0.6 is 27.5 Å². The van der Waals surface area contributed by atoms with Crippen molar-refractivity contribution in [3.63, 3.8) is 0 Å². The van der Waals surface area contributed by atoms with Gasteiger partial charge < -0.3 is 10.8 Å². The van der Waals surface area contributed by atoms with E-state index in [9.17, 15) is 5.11 Å². The van der Waals surface area contributed by atoms with E-state index in [-0.39, 0.29) is 5.92 Å². The highest BCUT2D eigenvalue weighted by Gasteiger charge is 2.22. The summed E-state index contributed by atoms with van der Waals surface area (Å²) >= 11 is 9.36. The molecule has 0 saturated heterocycles. The Morgan fingerprint density at radius 3 is 2.35 bits per heavy atom. The van der Waals surface area contributed by atoms with Crippen molar-refractivity contribution < 1.29 is 5.11 Å². The van der Waals surface area contributed by atoms with E-state index >= 15 is 0 Å². The van der Waals surface area contributed by atoms with Crippen LogP contribution in [0.15, 0.2) is 46.9 Å². The highest BCUT2D eigenvalue weighted by atomic mass is 79.9. The van der Waals surface area contributed by atoms with Crippen LogP contribution < -0.4 is 5.73 Å². The van der Waals surface area contributed by atoms with E-state index in [1.807, 2.05) is 49.4 Å². The van der Waals surface area contributed by atoms with Crippen molar-refractivity contribution >= 4 is 27.5 Å². The van der Waals surface area contributed by atoms with Gasteiger partial charge >= 0.3 is 0 Å². The van der Waals surface area contributed by atoms with Gasteiger partial charge in [0.15, 0.2) is 0 Å². The van der Waals surface area contributed by atoms with Gasteiger partial charge in [0.05, 0.1) is 6.10 Å². The lowest BCUT2D eigenvalue weighted by atomic mass is 9.89. The highest BCUT2D eigenvalue weighted by molar-refractivity contribution is 9.10. The van der Waals surface area contributed by atoms with Crippen LogP contribution in [0.25, 0.3) is 0 Å². The number of aliphatic hydroxyl groups is 1. The summed E-state index contributed by atoms with van der Waals surface area (Å²) in [5.74, 6) is -0.152. The molecule has 2 atom stereocenters. The lowest BCUT2D eigenvalue weighted by Gasteiger charge is -2.23. The summed E-state index contributed by atoms with van der Waals surface area (Å²) in [5, 5.41) is 11.3. The minimum atomic E-state index is -0.641. The van der Waals surface area contributed by atoms with Crippen molar-refractivity contribution in [3.05, 3.63) is 68.7 Å². The number of hydrogen-bond acceptors (Lipinski definition) is 2. The van der Waals surface area contributed by atoms with E-state index < -0.39 is 6.10 Å². The molecule has 2 nitrogen and oxygen atoms in total. The maximum atomic E-state index is 10.6. The highest BCUT2D eigenvalue weighted by Crippen LogP contribution is 2.32. The fourth-order valence-electron chi connectivity index (χ4n) is 2.32. The Hall–Kier alpha value is -0.870. The van der Waals surface area contributed by atoms with E-state index in [0.717, 1.165) is 21.2 Å². The first-order valence-corrected chi connectivity index (χ1v) is 7.59. The molecule has 0 aliphatic rings. The second-order valence-electron chi connectivity index (χ2n) is 4.90. The van der Waals surface area contributed by atoms with Gasteiger partial charge in [-0.1, -0.05) is 45.7 Å². The Balaban J connectivity index is 2.33. The van der Waals surface area contributed by atoms with Crippen LogP contribution in [-0.4, -0.2) is 11.7 Å². The molecule has 4 heteroatoms. The first-order valence-electron chi connectivity index (χ1n) is 6.42. The standard InChI is InChI=1S/C16H17BrClNO/c1-10-6-12(8-13(17)7-10)16(20)15(9-19)11-2-4-14(18)5-3-11/h2-8,15-16,20H,9,19H2,1H3. The molecule has 0 heterocycles. The third-order valence-corrected chi connectivity index (χ3v) is 4.05. The van der Waals surface area contributed by atoms with Gasteiger partial charge in [-0.15, -0.1) is 0 Å². The van der Waals surface area contributed by atoms with Gasteiger partial charge in [-0.3, -0.25) is 0 Å². The predicted octanol–water partition coefficient (Wildman–Crippen LogP) is 4.19. The third-order valence-electron chi connectivity index (χ3n) is 3.34. The quantitative estimate of drug-likeness (QED) is 0.865. The van der Waals surface area contributed by atoms with Crippen LogP contribution in [0.3, 0.4) is 0 Å². The molecule has 0 radical (unpaired) electrons. The molecule has 2 aromatic carbocycles. The molecule has 0 amide bonds. The van der Waals surface area contributed by atoms with Gasteiger partial charge in [-0.2, -0.15) is 0 Å². The van der Waals surface area contributed by atoms with Crippen molar-refractivity contribution in [2.24, 2.45) is 5.73 Å². The van der Waals surface area contributed by atoms with E-state index in [1.165, 1.54) is 0 Å². The number of aliphatic hydroxyl groups excluding tert-OH is 1. The van der Waals surface area contributed by atoms with Crippen molar-refractivity contribution in [2.75, 3.05) is 6.54 Å². The number of hydrogen-bond donors (Lipinski definition) is 2. The van der Waals surface area contributed by atoms with Crippen molar-refractivity contribution in [1.82, 2.24) is 0 Å². The number of rotatable bonds is 4. The number of aryl methyl sites for hydroxylation is 1. The maximum absolute atomic E-state index is 10.6. The maximum Gasteiger partial charge on any atom is 0.0871 e. The van der Waals surface area contributed by atoms with Crippen LogP contribution in [0.5, 0.6) is 0 Å². The minimum absolute atomic E-state index is 0.152. The molecule has 0 spiro atoms. The van der Waals surface area contributed by atoms with Crippen LogP contribution in [0.1, 0.15) is 28.7 Å². The average Bonchev–Trinajstić information content (AvgIpc) is 2.40. The van der Waals surface area contributed by atoms with Gasteiger partial charge in [0.1, 0.15) is 0 Å². The van der Waals surface area contributed by atoms with Crippen LogP contribution in [0.2, 0.25) is 5.02 Å². The van der Waals surface area contributed by atoms with Gasteiger partial charge in [0.2, 0.25) is 0 Å². The second-order valence-corrected chi connectivity index (χ2v) is 6.25. The number of benzene rings is 2. The largest absolute Gasteiger partial charge is 0.388 e. The van der Waals surface area contributed by atoms with E-state index in [0.29, 0.717) is 11.6 Å². The molecule has 0 bridgehead atoms. The van der Waals surface area contributed by atoms with Gasteiger partial charge in [-0.05, 0) is 47.9 Å². The zero-order valence-corrected chi connectivity index (χ0v) is 13.5. The number of nitrogens with two attached hydrogens (primary N) is 1. The molecule has 0 aliphatic carbocycles. The Bertz CT molecular complexity index is 565. The topological polar surface area (TPSA) is 46.2 Å². The zero-order chi connectivity index (χ0) is 14.7. The molecule has 3 N–H and O–H groups in total. The molecule has 0 aliphatic heterocycles.